The largest absolute Gasteiger partial charge is 0.450 e. The number of fused-ring (bicyclic) bond motifs is 7. The van der Waals surface area contributed by atoms with E-state index in [2.05, 4.69) is 0 Å². The van der Waals surface area contributed by atoms with E-state index in [4.69, 9.17) is 18.9 Å². The van der Waals surface area contributed by atoms with E-state index in [1.165, 1.54) is 0 Å². The first-order valence-electron chi connectivity index (χ1n) is 16.7. The molecule has 0 spiro atoms. The second-order valence-corrected chi connectivity index (χ2v) is 14.7. The molecule has 2 aromatic rings. The third-order valence-electron chi connectivity index (χ3n) is 9.72. The van der Waals surface area contributed by atoms with Crippen LogP contribution in [0.3, 0.4) is 0 Å². The molecule has 2 fully saturated rings. The first-order chi connectivity index (χ1) is 22.6. The number of para-hydroxylation sites is 2. The molecule has 2 saturated heterocycles. The van der Waals surface area contributed by atoms with Crippen LogP contribution in [0.5, 0.6) is 0 Å². The summed E-state index contributed by atoms with van der Waals surface area (Å²) in [6, 6.07) is 15.2. The molecular formula is C36H46N4O8. The van der Waals surface area contributed by atoms with Gasteiger partial charge in [0.1, 0.15) is 23.5 Å². The highest BCUT2D eigenvalue weighted by Gasteiger charge is 2.77. The fourth-order valence-corrected chi connectivity index (χ4v) is 8.48. The average Bonchev–Trinajstić information content (AvgIpc) is 3.71. The first kappa shape index (κ1) is 33.4. The van der Waals surface area contributed by atoms with Gasteiger partial charge in [-0.3, -0.25) is 19.6 Å². The van der Waals surface area contributed by atoms with Crippen molar-refractivity contribution in [2.75, 3.05) is 36.1 Å². The maximum absolute atomic E-state index is 14.3. The third-order valence-corrected chi connectivity index (χ3v) is 9.72. The highest BCUT2D eigenvalue weighted by Crippen LogP contribution is 2.69. The zero-order valence-corrected chi connectivity index (χ0v) is 29.1. The number of carbonyl (C=O) groups excluding carboxylic acids is 4. The molecule has 4 heterocycles. The number of carbonyl (C=O) groups is 4. The molecule has 2 unspecified atom stereocenters. The van der Waals surface area contributed by atoms with Gasteiger partial charge >= 0.3 is 24.4 Å². The monoisotopic (exact) mass is 662 g/mol. The van der Waals surface area contributed by atoms with Gasteiger partial charge in [-0.25, -0.2) is 19.2 Å². The fourth-order valence-electron chi connectivity index (χ4n) is 8.48. The summed E-state index contributed by atoms with van der Waals surface area (Å²) in [5, 5.41) is 0. The number of hydrogen-bond donors (Lipinski definition) is 0. The summed E-state index contributed by atoms with van der Waals surface area (Å²) in [7, 11) is 0. The van der Waals surface area contributed by atoms with E-state index in [9.17, 15) is 19.2 Å². The van der Waals surface area contributed by atoms with Crippen LogP contribution in [0, 0.1) is 0 Å². The van der Waals surface area contributed by atoms with Gasteiger partial charge in [0.05, 0.1) is 35.4 Å². The quantitative estimate of drug-likeness (QED) is 0.332. The minimum Gasteiger partial charge on any atom is -0.450 e. The van der Waals surface area contributed by atoms with Crippen LogP contribution >= 0.6 is 0 Å². The molecule has 258 valence electrons. The van der Waals surface area contributed by atoms with Crippen LogP contribution in [0.15, 0.2) is 48.5 Å². The van der Waals surface area contributed by atoms with Gasteiger partial charge in [-0.1, -0.05) is 36.4 Å². The SMILES string of the molecule is CCOC(=O)N1CC[C@@]2(C34CCN(C(=O)OCC)[C@H]3N(C(=O)OC(C)(C)C)c3ccccc34)c3ccccc3N(C(=O)OC(C)(C)C)C12. The third kappa shape index (κ3) is 4.85. The molecule has 0 radical (unpaired) electrons. The number of anilines is 2. The van der Waals surface area contributed by atoms with Gasteiger partial charge in [-0.2, -0.15) is 0 Å². The summed E-state index contributed by atoms with van der Waals surface area (Å²) < 4.78 is 23.2. The van der Waals surface area contributed by atoms with Gasteiger partial charge < -0.3 is 18.9 Å². The van der Waals surface area contributed by atoms with Crippen molar-refractivity contribution in [3.8, 4) is 0 Å². The van der Waals surface area contributed by atoms with Crippen molar-refractivity contribution in [3.63, 3.8) is 0 Å². The van der Waals surface area contributed by atoms with E-state index < -0.39 is 58.7 Å². The van der Waals surface area contributed by atoms with Gasteiger partial charge in [-0.15, -0.1) is 0 Å². The Kier molecular flexibility index (Phi) is 8.07. The number of rotatable bonds is 3. The maximum Gasteiger partial charge on any atom is 0.416 e. The van der Waals surface area contributed by atoms with Crippen LogP contribution in [0.4, 0.5) is 30.6 Å². The van der Waals surface area contributed by atoms with Gasteiger partial charge in [0, 0.05) is 13.1 Å². The molecule has 6 rings (SSSR count). The predicted molar refractivity (Wildman–Crippen MR) is 178 cm³/mol. The Hall–Kier alpha value is -4.48. The van der Waals surface area contributed by atoms with E-state index in [0.717, 1.165) is 11.1 Å². The molecule has 4 aliphatic heterocycles. The standard InChI is InChI=1S/C36H46N4O8/c1-9-45-29(41)37-21-19-35(23-15-11-13-17-25(23)39(27(35)37)31(43)47-33(3,4)5)36-20-22-38(30(42)46-10-2)28(36)40(32(44)48-34(6,7)8)26-18-14-12-16-24(26)36/h11-18,27-28H,9-10,19-22H2,1-8H3/t27-,28?,35?,36+/m0/s1. The van der Waals surface area contributed by atoms with E-state index in [-0.39, 0.29) is 26.3 Å². The van der Waals surface area contributed by atoms with Crippen molar-refractivity contribution in [1.82, 2.24) is 9.80 Å². The van der Waals surface area contributed by atoms with Crippen molar-refractivity contribution in [2.45, 2.75) is 103 Å². The molecule has 4 aliphatic rings. The lowest BCUT2D eigenvalue weighted by Crippen LogP contribution is -2.66. The Morgan fingerprint density at radius 3 is 1.31 bits per heavy atom. The average molecular weight is 663 g/mol. The summed E-state index contributed by atoms with van der Waals surface area (Å²) in [4.78, 5) is 62.7. The molecular weight excluding hydrogens is 616 g/mol. The van der Waals surface area contributed by atoms with Crippen molar-refractivity contribution in [2.24, 2.45) is 0 Å². The Bertz CT molecular complexity index is 1510. The Labute approximate surface area is 281 Å². The molecule has 4 amide bonds. The Balaban J connectivity index is 1.66. The highest BCUT2D eigenvalue weighted by molar-refractivity contribution is 5.98. The molecule has 4 atom stereocenters. The summed E-state index contributed by atoms with van der Waals surface area (Å²) in [5.74, 6) is 0. The minimum absolute atomic E-state index is 0.147. The molecule has 48 heavy (non-hydrogen) atoms. The lowest BCUT2D eigenvalue weighted by Gasteiger charge is -2.49. The number of hydrogen-bond acceptors (Lipinski definition) is 8. The Morgan fingerprint density at radius 2 is 0.979 bits per heavy atom. The van der Waals surface area contributed by atoms with Crippen molar-refractivity contribution in [3.05, 3.63) is 59.7 Å². The van der Waals surface area contributed by atoms with E-state index in [1.807, 2.05) is 48.5 Å². The van der Waals surface area contributed by atoms with Crippen LogP contribution in [0.25, 0.3) is 0 Å². The minimum atomic E-state index is -1.02. The van der Waals surface area contributed by atoms with Crippen LogP contribution in [-0.2, 0) is 29.8 Å². The van der Waals surface area contributed by atoms with Gasteiger partial charge in [0.15, 0.2) is 0 Å². The van der Waals surface area contributed by atoms with Crippen molar-refractivity contribution >= 4 is 35.7 Å². The predicted octanol–water partition coefficient (Wildman–Crippen LogP) is 6.75. The summed E-state index contributed by atoms with van der Waals surface area (Å²) in [6.45, 7) is 15.1. The van der Waals surface area contributed by atoms with Crippen LogP contribution in [0.1, 0.15) is 79.4 Å². The second kappa shape index (κ2) is 11.6. The number of nitrogens with zero attached hydrogens (tertiary/aromatic N) is 4. The second-order valence-electron chi connectivity index (χ2n) is 14.7. The molecule has 0 N–H and O–H groups in total. The topological polar surface area (TPSA) is 118 Å². The molecule has 0 aromatic heterocycles. The zero-order chi connectivity index (χ0) is 34.8. The highest BCUT2D eigenvalue weighted by atomic mass is 16.6. The van der Waals surface area contributed by atoms with Gasteiger partial charge in [0.2, 0.25) is 0 Å². The van der Waals surface area contributed by atoms with Crippen molar-refractivity contribution < 1.29 is 38.1 Å². The molecule has 0 bridgehead atoms. The maximum atomic E-state index is 14.3. The lowest BCUT2D eigenvalue weighted by molar-refractivity contribution is 0.0367. The smallest absolute Gasteiger partial charge is 0.416 e. The molecule has 0 aliphatic carbocycles. The van der Waals surface area contributed by atoms with Gasteiger partial charge in [-0.05, 0) is 91.5 Å². The first-order valence-corrected chi connectivity index (χ1v) is 16.7. The number of ether oxygens (including phenoxy) is 4. The van der Waals surface area contributed by atoms with E-state index in [0.29, 0.717) is 24.2 Å². The zero-order valence-electron chi connectivity index (χ0n) is 29.1. The summed E-state index contributed by atoms with van der Waals surface area (Å²) in [5.41, 5.74) is -0.852. The van der Waals surface area contributed by atoms with E-state index in [1.54, 1.807) is 75.0 Å². The Morgan fingerprint density at radius 1 is 0.625 bits per heavy atom. The number of likely N-dealkylation sites (tertiary alicyclic amines) is 2. The van der Waals surface area contributed by atoms with E-state index >= 15 is 0 Å². The number of benzene rings is 2. The van der Waals surface area contributed by atoms with Crippen LogP contribution < -0.4 is 9.80 Å². The van der Waals surface area contributed by atoms with Crippen molar-refractivity contribution in [1.29, 1.82) is 0 Å². The normalized spacial score (nSPS) is 25.7. The van der Waals surface area contributed by atoms with Gasteiger partial charge in [0.25, 0.3) is 0 Å². The summed E-state index contributed by atoms with van der Waals surface area (Å²) in [6.07, 6.45) is -3.32. The fraction of sp³-hybridized carbons (Fsp3) is 0.556. The molecule has 0 saturated carbocycles. The molecule has 2 aromatic carbocycles. The molecule has 12 nitrogen and oxygen atoms in total. The number of amides is 4. The van der Waals surface area contributed by atoms with Crippen LogP contribution in [0.2, 0.25) is 0 Å². The van der Waals surface area contributed by atoms with Crippen LogP contribution in [-0.4, -0.2) is 84.0 Å². The molecule has 12 heteroatoms. The lowest BCUT2D eigenvalue weighted by atomic mass is 9.55. The summed E-state index contributed by atoms with van der Waals surface area (Å²) >= 11 is 0.